The number of aromatic nitrogens is 2. The molecule has 0 aliphatic carbocycles. The van der Waals surface area contributed by atoms with Crippen molar-refractivity contribution in [3.63, 3.8) is 0 Å². The van der Waals surface area contributed by atoms with Crippen molar-refractivity contribution in [2.75, 3.05) is 19.7 Å². The summed E-state index contributed by atoms with van der Waals surface area (Å²) in [7, 11) is 0. The van der Waals surface area contributed by atoms with Gasteiger partial charge in [-0.2, -0.15) is 0 Å². The van der Waals surface area contributed by atoms with Gasteiger partial charge in [-0.05, 0) is 41.8 Å². The highest BCUT2D eigenvalue weighted by molar-refractivity contribution is 5.79. The van der Waals surface area contributed by atoms with E-state index in [1.165, 1.54) is 17.5 Å². The van der Waals surface area contributed by atoms with Crippen LogP contribution in [0.1, 0.15) is 12.0 Å². The number of hydrogen-bond donors (Lipinski definition) is 0. The zero-order chi connectivity index (χ0) is 18.5. The van der Waals surface area contributed by atoms with Crippen molar-refractivity contribution in [2.24, 2.45) is 0 Å². The van der Waals surface area contributed by atoms with E-state index in [-0.39, 0.29) is 12.5 Å². The molecule has 0 atom stereocenters. The predicted molar refractivity (Wildman–Crippen MR) is 101 cm³/mol. The molecule has 0 fully saturated rings. The Morgan fingerprint density at radius 1 is 1.07 bits per heavy atom. The molecular weight excluding hydrogens is 342 g/mol. The number of ether oxygens (including phenoxy) is 1. The van der Waals surface area contributed by atoms with Crippen LogP contribution < -0.4 is 4.74 Å². The predicted octanol–water partition coefficient (Wildman–Crippen LogP) is 3.43. The average molecular weight is 361 g/mol. The molecule has 0 saturated carbocycles. The highest BCUT2D eigenvalue weighted by Gasteiger charge is 2.18. The summed E-state index contributed by atoms with van der Waals surface area (Å²) >= 11 is 0. The Morgan fingerprint density at radius 2 is 1.89 bits per heavy atom. The Hall–Kier alpha value is -3.41. The lowest BCUT2D eigenvalue weighted by atomic mass is 10.00. The van der Waals surface area contributed by atoms with E-state index < -0.39 is 0 Å². The molecule has 1 aliphatic rings. The number of hydrogen-bond acceptors (Lipinski definition) is 5. The van der Waals surface area contributed by atoms with Gasteiger partial charge in [0.15, 0.2) is 6.61 Å². The molecule has 0 saturated heterocycles. The first-order chi connectivity index (χ1) is 13.3. The fourth-order valence-electron chi connectivity index (χ4n) is 3.04. The molecule has 0 bridgehead atoms. The van der Waals surface area contributed by atoms with Gasteiger partial charge < -0.3 is 14.1 Å². The normalized spacial score (nSPS) is 13.9. The van der Waals surface area contributed by atoms with E-state index in [9.17, 15) is 4.79 Å². The first-order valence-electron chi connectivity index (χ1n) is 8.81. The molecule has 0 radical (unpaired) electrons. The van der Waals surface area contributed by atoms with Gasteiger partial charge in [0.1, 0.15) is 5.75 Å². The molecule has 27 heavy (non-hydrogen) atoms. The summed E-state index contributed by atoms with van der Waals surface area (Å²) in [6, 6.07) is 17.5. The van der Waals surface area contributed by atoms with Crippen LogP contribution in [0.25, 0.3) is 17.0 Å². The van der Waals surface area contributed by atoms with Crippen LogP contribution in [-0.4, -0.2) is 40.7 Å². The third-order valence-electron chi connectivity index (χ3n) is 4.53. The van der Waals surface area contributed by atoms with Gasteiger partial charge in [0.25, 0.3) is 5.91 Å². The molecule has 3 aromatic rings. The number of carbonyl (C=O) groups excluding carboxylic acids is 1. The van der Waals surface area contributed by atoms with Crippen molar-refractivity contribution >= 4 is 11.5 Å². The Balaban J connectivity index is 1.30. The van der Waals surface area contributed by atoms with Crippen molar-refractivity contribution < 1.29 is 13.9 Å². The lowest BCUT2D eigenvalue weighted by Gasteiger charge is -2.26. The minimum absolute atomic E-state index is 0.0145. The zero-order valence-corrected chi connectivity index (χ0v) is 14.7. The van der Waals surface area contributed by atoms with Gasteiger partial charge in [0, 0.05) is 18.7 Å². The largest absolute Gasteiger partial charge is 0.484 e. The number of amides is 1. The van der Waals surface area contributed by atoms with Gasteiger partial charge in [-0.1, -0.05) is 36.4 Å². The van der Waals surface area contributed by atoms with Gasteiger partial charge in [0.05, 0.1) is 0 Å². The number of rotatable bonds is 5. The molecule has 2 heterocycles. The van der Waals surface area contributed by atoms with Crippen molar-refractivity contribution in [1.29, 1.82) is 0 Å². The minimum atomic E-state index is -0.0145. The van der Waals surface area contributed by atoms with Crippen LogP contribution in [0.2, 0.25) is 0 Å². The molecule has 6 heteroatoms. The van der Waals surface area contributed by atoms with E-state index in [2.05, 4.69) is 28.4 Å². The highest BCUT2D eigenvalue weighted by Crippen LogP contribution is 2.23. The summed E-state index contributed by atoms with van der Waals surface area (Å²) in [6.07, 6.45) is 4.26. The molecule has 4 rings (SSSR count). The quantitative estimate of drug-likeness (QED) is 0.696. The SMILES string of the molecule is O=C(COc1ccc(-c2nnco2)cc1)N1CC=C(c2ccccc2)CC1. The summed E-state index contributed by atoms with van der Waals surface area (Å²) in [5, 5.41) is 7.51. The molecule has 1 amide bonds. The van der Waals surface area contributed by atoms with Crippen molar-refractivity contribution in [3.05, 3.63) is 72.6 Å². The van der Waals surface area contributed by atoms with Gasteiger partial charge in [-0.15, -0.1) is 10.2 Å². The van der Waals surface area contributed by atoms with E-state index in [1.807, 2.05) is 35.2 Å². The summed E-state index contributed by atoms with van der Waals surface area (Å²) < 4.78 is 10.8. The monoisotopic (exact) mass is 361 g/mol. The van der Waals surface area contributed by atoms with Crippen LogP contribution in [0.4, 0.5) is 0 Å². The van der Waals surface area contributed by atoms with Gasteiger partial charge >= 0.3 is 0 Å². The molecule has 0 unspecified atom stereocenters. The van der Waals surface area contributed by atoms with Crippen LogP contribution in [0.5, 0.6) is 5.75 Å². The second-order valence-electron chi connectivity index (χ2n) is 6.24. The molecule has 1 aromatic heterocycles. The summed E-state index contributed by atoms with van der Waals surface area (Å²) in [4.78, 5) is 14.2. The van der Waals surface area contributed by atoms with E-state index in [0.29, 0.717) is 24.7 Å². The Labute approximate surface area is 157 Å². The van der Waals surface area contributed by atoms with Crippen LogP contribution in [0.3, 0.4) is 0 Å². The van der Waals surface area contributed by atoms with Crippen LogP contribution >= 0.6 is 0 Å². The molecule has 1 aliphatic heterocycles. The molecule has 2 aromatic carbocycles. The molecule has 0 spiro atoms. The lowest BCUT2D eigenvalue weighted by molar-refractivity contribution is -0.132. The first-order valence-corrected chi connectivity index (χ1v) is 8.81. The van der Waals surface area contributed by atoms with Crippen LogP contribution in [-0.2, 0) is 4.79 Å². The fourth-order valence-corrected chi connectivity index (χ4v) is 3.04. The third kappa shape index (κ3) is 4.06. The van der Waals surface area contributed by atoms with Crippen molar-refractivity contribution in [2.45, 2.75) is 6.42 Å². The van der Waals surface area contributed by atoms with Gasteiger partial charge in [-0.25, -0.2) is 0 Å². The fraction of sp³-hybridized carbons (Fsp3) is 0.190. The van der Waals surface area contributed by atoms with Crippen molar-refractivity contribution in [3.8, 4) is 17.2 Å². The van der Waals surface area contributed by atoms with Crippen molar-refractivity contribution in [1.82, 2.24) is 15.1 Å². The van der Waals surface area contributed by atoms with E-state index in [4.69, 9.17) is 9.15 Å². The highest BCUT2D eigenvalue weighted by atomic mass is 16.5. The zero-order valence-electron chi connectivity index (χ0n) is 14.7. The molecule has 0 N–H and O–H groups in total. The maximum atomic E-state index is 12.4. The summed E-state index contributed by atoms with van der Waals surface area (Å²) in [5.74, 6) is 1.07. The average Bonchev–Trinajstić information content (AvgIpc) is 3.28. The van der Waals surface area contributed by atoms with Crippen LogP contribution in [0, 0.1) is 0 Å². The topological polar surface area (TPSA) is 68.5 Å². The summed E-state index contributed by atoms with van der Waals surface area (Å²) in [5.41, 5.74) is 3.32. The first kappa shape index (κ1) is 17.0. The van der Waals surface area contributed by atoms with E-state index >= 15 is 0 Å². The summed E-state index contributed by atoms with van der Waals surface area (Å²) in [6.45, 7) is 1.34. The number of benzene rings is 2. The van der Waals surface area contributed by atoms with Crippen LogP contribution in [0.15, 0.2) is 71.5 Å². The number of nitrogens with zero attached hydrogens (tertiary/aromatic N) is 3. The second-order valence-corrected chi connectivity index (χ2v) is 6.24. The van der Waals surface area contributed by atoms with Gasteiger partial charge in [-0.3, -0.25) is 4.79 Å². The molecular formula is C21H19N3O3. The molecule has 136 valence electrons. The van der Waals surface area contributed by atoms with E-state index in [1.54, 1.807) is 12.1 Å². The maximum absolute atomic E-state index is 12.4. The maximum Gasteiger partial charge on any atom is 0.260 e. The van der Waals surface area contributed by atoms with Gasteiger partial charge in [0.2, 0.25) is 12.3 Å². The standard InChI is InChI=1S/C21H19N3O3/c25-20(24-12-10-17(11-13-24)16-4-2-1-3-5-16)14-26-19-8-6-18(7-9-19)21-23-22-15-27-21/h1-10,15H,11-14H2. The minimum Gasteiger partial charge on any atom is -0.484 e. The Bertz CT molecular complexity index is 919. The third-order valence-corrected chi connectivity index (χ3v) is 4.53. The second kappa shape index (κ2) is 7.86. The molecule has 6 nitrogen and oxygen atoms in total. The number of carbonyl (C=O) groups is 1. The Kier molecular flexibility index (Phi) is 4.96. The Morgan fingerprint density at radius 3 is 2.56 bits per heavy atom. The smallest absolute Gasteiger partial charge is 0.260 e. The van der Waals surface area contributed by atoms with E-state index in [0.717, 1.165) is 12.0 Å². The lowest BCUT2D eigenvalue weighted by Crippen LogP contribution is -2.37.